The van der Waals surface area contributed by atoms with Crippen molar-refractivity contribution in [2.24, 2.45) is 0 Å². The van der Waals surface area contributed by atoms with Crippen LogP contribution in [-0.2, 0) is 9.53 Å². The monoisotopic (exact) mass is 181 g/mol. The van der Waals surface area contributed by atoms with Gasteiger partial charge < -0.3 is 9.15 Å². The third-order valence-electron chi connectivity index (χ3n) is 1.31. The van der Waals surface area contributed by atoms with E-state index in [9.17, 15) is 4.79 Å². The van der Waals surface area contributed by atoms with Gasteiger partial charge in [-0.05, 0) is 13.0 Å². The molecule has 13 heavy (non-hydrogen) atoms. The van der Waals surface area contributed by atoms with E-state index in [1.807, 2.05) is 0 Å². The molecule has 0 aliphatic rings. The number of esters is 1. The number of hydrogen-bond donors (Lipinski definition) is 0. The van der Waals surface area contributed by atoms with E-state index in [4.69, 9.17) is 4.42 Å². The van der Waals surface area contributed by atoms with Gasteiger partial charge in [-0.2, -0.15) is 0 Å². The van der Waals surface area contributed by atoms with Crippen LogP contribution < -0.4 is 0 Å². The minimum absolute atomic E-state index is 0.372. The quantitative estimate of drug-likeness (QED) is 0.524. The molecule has 4 heteroatoms. The maximum absolute atomic E-state index is 10.9. The van der Waals surface area contributed by atoms with E-state index in [0.717, 1.165) is 0 Å². The molecule has 0 bridgehead atoms. The zero-order valence-corrected chi connectivity index (χ0v) is 7.61. The number of aromatic nitrogens is 1. The molecule has 0 N–H and O–H groups in total. The van der Waals surface area contributed by atoms with Gasteiger partial charge in [-0.1, -0.05) is 0 Å². The summed E-state index contributed by atoms with van der Waals surface area (Å²) in [6.45, 7) is 3.87. The average molecular weight is 181 g/mol. The predicted octanol–water partition coefficient (Wildman–Crippen LogP) is 1.56. The zero-order chi connectivity index (χ0) is 9.68. The van der Waals surface area contributed by atoms with Crippen molar-refractivity contribution in [1.29, 1.82) is 0 Å². The lowest BCUT2D eigenvalue weighted by molar-refractivity contribution is -0.137. The van der Waals surface area contributed by atoms with Crippen LogP contribution in [0.4, 0.5) is 0 Å². The SMILES string of the molecule is CCOC(=O)C=Cc1coc(C)n1. The third-order valence-corrected chi connectivity index (χ3v) is 1.31. The molecule has 1 aromatic heterocycles. The van der Waals surface area contributed by atoms with Crippen molar-refractivity contribution < 1.29 is 13.9 Å². The van der Waals surface area contributed by atoms with E-state index in [2.05, 4.69) is 9.72 Å². The number of hydrogen-bond acceptors (Lipinski definition) is 4. The van der Waals surface area contributed by atoms with E-state index >= 15 is 0 Å². The minimum atomic E-state index is -0.372. The van der Waals surface area contributed by atoms with Crippen LogP contribution in [0.25, 0.3) is 6.08 Å². The standard InChI is InChI=1S/C9H11NO3/c1-3-12-9(11)5-4-8-6-13-7(2)10-8/h4-6H,3H2,1-2H3. The summed E-state index contributed by atoms with van der Waals surface area (Å²) in [7, 11) is 0. The van der Waals surface area contributed by atoms with Gasteiger partial charge in [0.2, 0.25) is 0 Å². The fourth-order valence-electron chi connectivity index (χ4n) is 0.801. The number of aryl methyl sites for hydroxylation is 1. The number of oxazole rings is 1. The van der Waals surface area contributed by atoms with Crippen molar-refractivity contribution in [2.45, 2.75) is 13.8 Å². The molecule has 0 saturated heterocycles. The van der Waals surface area contributed by atoms with Gasteiger partial charge in [-0.3, -0.25) is 0 Å². The average Bonchev–Trinajstić information content (AvgIpc) is 2.49. The van der Waals surface area contributed by atoms with E-state index in [-0.39, 0.29) is 5.97 Å². The highest BCUT2D eigenvalue weighted by atomic mass is 16.5. The van der Waals surface area contributed by atoms with E-state index in [1.165, 1.54) is 12.3 Å². The Morgan fingerprint density at radius 2 is 2.54 bits per heavy atom. The summed E-state index contributed by atoms with van der Waals surface area (Å²) in [4.78, 5) is 14.8. The van der Waals surface area contributed by atoms with Crippen LogP contribution in [0.5, 0.6) is 0 Å². The molecular weight excluding hydrogens is 170 g/mol. The number of nitrogens with zero attached hydrogens (tertiary/aromatic N) is 1. The van der Waals surface area contributed by atoms with Gasteiger partial charge >= 0.3 is 5.97 Å². The Balaban J connectivity index is 2.53. The molecule has 0 atom stereocenters. The lowest BCUT2D eigenvalue weighted by Crippen LogP contribution is -1.98. The van der Waals surface area contributed by atoms with Crippen LogP contribution in [-0.4, -0.2) is 17.6 Å². The largest absolute Gasteiger partial charge is 0.463 e. The molecular formula is C9H11NO3. The highest BCUT2D eigenvalue weighted by Crippen LogP contribution is 2.02. The number of carbonyl (C=O) groups excluding carboxylic acids is 1. The van der Waals surface area contributed by atoms with Crippen molar-refractivity contribution >= 4 is 12.0 Å². The van der Waals surface area contributed by atoms with Crippen molar-refractivity contribution in [2.75, 3.05) is 6.61 Å². The maximum Gasteiger partial charge on any atom is 0.330 e. The van der Waals surface area contributed by atoms with Crippen LogP contribution >= 0.6 is 0 Å². The summed E-state index contributed by atoms with van der Waals surface area (Å²) in [6.07, 6.45) is 4.35. The first-order valence-electron chi connectivity index (χ1n) is 3.99. The predicted molar refractivity (Wildman–Crippen MR) is 46.9 cm³/mol. The first-order chi connectivity index (χ1) is 6.22. The summed E-state index contributed by atoms with van der Waals surface area (Å²) >= 11 is 0. The molecule has 0 aromatic carbocycles. The van der Waals surface area contributed by atoms with Gasteiger partial charge in [0.1, 0.15) is 12.0 Å². The maximum atomic E-state index is 10.9. The van der Waals surface area contributed by atoms with Crippen LogP contribution in [0.1, 0.15) is 18.5 Å². The Hall–Kier alpha value is -1.58. The molecule has 1 heterocycles. The molecule has 4 nitrogen and oxygen atoms in total. The molecule has 0 amide bonds. The van der Waals surface area contributed by atoms with Crippen LogP contribution in [0.2, 0.25) is 0 Å². The molecule has 0 saturated carbocycles. The Labute approximate surface area is 76.2 Å². The van der Waals surface area contributed by atoms with Gasteiger partial charge in [-0.25, -0.2) is 9.78 Å². The second-order valence-corrected chi connectivity index (χ2v) is 2.38. The smallest absolute Gasteiger partial charge is 0.330 e. The van der Waals surface area contributed by atoms with E-state index in [0.29, 0.717) is 18.2 Å². The summed E-state index contributed by atoms with van der Waals surface area (Å²) in [5.41, 5.74) is 0.616. The second kappa shape index (κ2) is 4.45. The van der Waals surface area contributed by atoms with E-state index in [1.54, 1.807) is 19.9 Å². The van der Waals surface area contributed by atoms with Crippen molar-refractivity contribution in [3.8, 4) is 0 Å². The number of carbonyl (C=O) groups is 1. The van der Waals surface area contributed by atoms with Crippen molar-refractivity contribution in [1.82, 2.24) is 4.98 Å². The molecule has 0 fully saturated rings. The fourth-order valence-corrected chi connectivity index (χ4v) is 0.801. The van der Waals surface area contributed by atoms with E-state index < -0.39 is 0 Å². The lowest BCUT2D eigenvalue weighted by atomic mass is 10.4. The summed E-state index contributed by atoms with van der Waals surface area (Å²) in [6, 6.07) is 0. The van der Waals surface area contributed by atoms with Gasteiger partial charge in [0.15, 0.2) is 5.89 Å². The molecule has 1 aromatic rings. The van der Waals surface area contributed by atoms with Gasteiger partial charge in [0, 0.05) is 13.0 Å². The summed E-state index contributed by atoms with van der Waals surface area (Å²) in [5.74, 6) is 0.201. The molecule has 0 aliphatic heterocycles. The molecule has 0 unspecified atom stereocenters. The molecule has 1 rings (SSSR count). The molecule has 0 radical (unpaired) electrons. The summed E-state index contributed by atoms with van der Waals surface area (Å²) in [5, 5.41) is 0. The zero-order valence-electron chi connectivity index (χ0n) is 7.61. The van der Waals surface area contributed by atoms with Gasteiger partial charge in [0.25, 0.3) is 0 Å². The Kier molecular flexibility index (Phi) is 3.25. The molecule has 0 spiro atoms. The molecule has 70 valence electrons. The topological polar surface area (TPSA) is 52.3 Å². The molecule has 0 aliphatic carbocycles. The highest BCUT2D eigenvalue weighted by molar-refractivity contribution is 5.86. The van der Waals surface area contributed by atoms with Crippen molar-refractivity contribution in [3.63, 3.8) is 0 Å². The van der Waals surface area contributed by atoms with Crippen molar-refractivity contribution in [3.05, 3.63) is 23.9 Å². The number of rotatable bonds is 3. The van der Waals surface area contributed by atoms with Crippen LogP contribution in [0.15, 0.2) is 16.8 Å². The normalized spacial score (nSPS) is 10.6. The highest BCUT2D eigenvalue weighted by Gasteiger charge is 1.97. The Morgan fingerprint density at radius 3 is 3.08 bits per heavy atom. The summed E-state index contributed by atoms with van der Waals surface area (Å²) < 4.78 is 9.63. The second-order valence-electron chi connectivity index (χ2n) is 2.38. The van der Waals surface area contributed by atoms with Crippen LogP contribution in [0, 0.1) is 6.92 Å². The van der Waals surface area contributed by atoms with Gasteiger partial charge in [-0.15, -0.1) is 0 Å². The fraction of sp³-hybridized carbons (Fsp3) is 0.333. The Morgan fingerprint density at radius 1 is 1.77 bits per heavy atom. The Bertz CT molecular complexity index is 314. The first kappa shape index (κ1) is 9.51. The van der Waals surface area contributed by atoms with Gasteiger partial charge in [0.05, 0.1) is 6.61 Å². The van der Waals surface area contributed by atoms with Crippen LogP contribution in [0.3, 0.4) is 0 Å². The minimum Gasteiger partial charge on any atom is -0.463 e. The first-order valence-corrected chi connectivity index (χ1v) is 3.99. The lowest BCUT2D eigenvalue weighted by Gasteiger charge is -1.92. The third kappa shape index (κ3) is 3.11. The number of ether oxygens (including phenoxy) is 1.